The molecule has 0 unspecified atom stereocenters. The molecular weight excluding hydrogens is 344 g/mol. The van der Waals surface area contributed by atoms with Crippen LogP contribution in [-0.4, -0.2) is 18.3 Å². The van der Waals surface area contributed by atoms with Crippen molar-refractivity contribution in [3.05, 3.63) is 108 Å². The summed E-state index contributed by atoms with van der Waals surface area (Å²) in [5.74, 6) is 0. The average molecular weight is 375 g/mol. The Kier molecular flexibility index (Phi) is 7.83. The SMILES string of the molecule is OCCCCCCCOC(c1ccccc1)(c1ccccc1)c1ccccc1. The van der Waals surface area contributed by atoms with Crippen LogP contribution < -0.4 is 0 Å². The molecule has 3 aromatic rings. The fourth-order valence-corrected chi connectivity index (χ4v) is 3.74. The van der Waals surface area contributed by atoms with Crippen LogP contribution in [0.2, 0.25) is 0 Å². The van der Waals surface area contributed by atoms with Crippen LogP contribution in [0.1, 0.15) is 48.8 Å². The lowest BCUT2D eigenvalue weighted by Crippen LogP contribution is -2.33. The van der Waals surface area contributed by atoms with Gasteiger partial charge < -0.3 is 9.84 Å². The molecule has 0 amide bonds. The van der Waals surface area contributed by atoms with Gasteiger partial charge in [-0.05, 0) is 29.5 Å². The van der Waals surface area contributed by atoms with Crippen molar-refractivity contribution >= 4 is 0 Å². The van der Waals surface area contributed by atoms with Crippen molar-refractivity contribution in [2.75, 3.05) is 13.2 Å². The van der Waals surface area contributed by atoms with Gasteiger partial charge in [-0.25, -0.2) is 0 Å². The van der Waals surface area contributed by atoms with Crippen molar-refractivity contribution < 1.29 is 9.84 Å². The highest BCUT2D eigenvalue weighted by molar-refractivity contribution is 5.47. The molecule has 0 aliphatic carbocycles. The van der Waals surface area contributed by atoms with Crippen molar-refractivity contribution in [2.24, 2.45) is 0 Å². The molecule has 28 heavy (non-hydrogen) atoms. The van der Waals surface area contributed by atoms with E-state index in [-0.39, 0.29) is 6.61 Å². The second kappa shape index (κ2) is 10.8. The lowest BCUT2D eigenvalue weighted by Gasteiger charge is -2.36. The van der Waals surface area contributed by atoms with Gasteiger partial charge in [-0.2, -0.15) is 0 Å². The van der Waals surface area contributed by atoms with E-state index in [1.165, 1.54) is 0 Å². The number of hydrogen-bond donors (Lipinski definition) is 1. The average Bonchev–Trinajstić information content (AvgIpc) is 2.78. The molecule has 0 atom stereocenters. The van der Waals surface area contributed by atoms with Crippen LogP contribution in [0.5, 0.6) is 0 Å². The molecule has 1 N–H and O–H groups in total. The van der Waals surface area contributed by atoms with Crippen molar-refractivity contribution in [1.82, 2.24) is 0 Å². The molecule has 0 aliphatic rings. The number of benzene rings is 3. The van der Waals surface area contributed by atoms with Gasteiger partial charge in [0.25, 0.3) is 0 Å². The molecule has 3 rings (SSSR count). The summed E-state index contributed by atoms with van der Waals surface area (Å²) in [7, 11) is 0. The van der Waals surface area contributed by atoms with Crippen LogP contribution in [0.4, 0.5) is 0 Å². The monoisotopic (exact) mass is 374 g/mol. The number of rotatable bonds is 11. The van der Waals surface area contributed by atoms with E-state index >= 15 is 0 Å². The van der Waals surface area contributed by atoms with Crippen LogP contribution in [0, 0.1) is 0 Å². The third-order valence-corrected chi connectivity index (χ3v) is 5.16. The first kappa shape index (κ1) is 20.3. The minimum Gasteiger partial charge on any atom is -0.396 e. The van der Waals surface area contributed by atoms with Crippen molar-refractivity contribution in [2.45, 2.75) is 37.7 Å². The summed E-state index contributed by atoms with van der Waals surface area (Å²) in [6.45, 7) is 0.980. The molecule has 2 nitrogen and oxygen atoms in total. The van der Waals surface area contributed by atoms with Gasteiger partial charge in [0.2, 0.25) is 0 Å². The molecule has 0 bridgehead atoms. The molecule has 146 valence electrons. The van der Waals surface area contributed by atoms with E-state index in [2.05, 4.69) is 72.8 Å². The highest BCUT2D eigenvalue weighted by atomic mass is 16.5. The molecule has 0 saturated heterocycles. The summed E-state index contributed by atoms with van der Waals surface area (Å²) >= 11 is 0. The van der Waals surface area contributed by atoms with E-state index in [1.807, 2.05) is 18.2 Å². The van der Waals surface area contributed by atoms with E-state index in [1.54, 1.807) is 0 Å². The minimum atomic E-state index is -0.616. The van der Waals surface area contributed by atoms with Crippen molar-refractivity contribution in [3.8, 4) is 0 Å². The lowest BCUT2D eigenvalue weighted by molar-refractivity contribution is 0.0106. The molecule has 0 radical (unpaired) electrons. The van der Waals surface area contributed by atoms with Gasteiger partial charge in [0.15, 0.2) is 0 Å². The maximum absolute atomic E-state index is 8.93. The molecule has 0 heterocycles. The maximum Gasteiger partial charge on any atom is 0.143 e. The van der Waals surface area contributed by atoms with Gasteiger partial charge in [0.1, 0.15) is 5.60 Å². The van der Waals surface area contributed by atoms with Gasteiger partial charge in [-0.15, -0.1) is 0 Å². The third-order valence-electron chi connectivity index (χ3n) is 5.16. The predicted octanol–water partition coefficient (Wildman–Crippen LogP) is 5.94. The summed E-state index contributed by atoms with van der Waals surface area (Å²) in [4.78, 5) is 0. The summed E-state index contributed by atoms with van der Waals surface area (Å²) in [5, 5.41) is 8.93. The molecule has 3 aromatic carbocycles. The van der Waals surface area contributed by atoms with E-state index in [0.29, 0.717) is 6.61 Å². The summed E-state index contributed by atoms with van der Waals surface area (Å²) in [6, 6.07) is 31.5. The van der Waals surface area contributed by atoms with Crippen LogP contribution in [0.15, 0.2) is 91.0 Å². The first-order chi connectivity index (χ1) is 13.9. The Balaban J connectivity index is 1.91. The summed E-state index contributed by atoms with van der Waals surface area (Å²) < 4.78 is 6.75. The largest absolute Gasteiger partial charge is 0.396 e. The van der Waals surface area contributed by atoms with E-state index in [4.69, 9.17) is 9.84 Å². The van der Waals surface area contributed by atoms with E-state index < -0.39 is 5.60 Å². The molecular formula is C26H30O2. The number of unbranched alkanes of at least 4 members (excludes halogenated alkanes) is 4. The highest BCUT2D eigenvalue weighted by Crippen LogP contribution is 2.40. The normalized spacial score (nSPS) is 11.5. The number of ether oxygens (including phenoxy) is 1. The Bertz CT molecular complexity index is 688. The first-order valence-electron chi connectivity index (χ1n) is 10.3. The second-order valence-corrected chi connectivity index (χ2v) is 7.12. The Morgan fingerprint density at radius 3 is 1.36 bits per heavy atom. The zero-order chi connectivity index (χ0) is 19.5. The highest BCUT2D eigenvalue weighted by Gasteiger charge is 2.37. The summed E-state index contributed by atoms with van der Waals surface area (Å²) in [6.07, 6.45) is 5.24. The van der Waals surface area contributed by atoms with Crippen LogP contribution in [0.3, 0.4) is 0 Å². The zero-order valence-corrected chi connectivity index (χ0v) is 16.5. The maximum atomic E-state index is 8.93. The number of hydrogen-bond acceptors (Lipinski definition) is 2. The van der Waals surface area contributed by atoms with Crippen molar-refractivity contribution in [1.29, 1.82) is 0 Å². The molecule has 0 aromatic heterocycles. The second-order valence-electron chi connectivity index (χ2n) is 7.12. The van der Waals surface area contributed by atoms with E-state index in [0.717, 1.165) is 48.8 Å². The fourth-order valence-electron chi connectivity index (χ4n) is 3.74. The van der Waals surface area contributed by atoms with Crippen LogP contribution in [0.25, 0.3) is 0 Å². The topological polar surface area (TPSA) is 29.5 Å². The fraction of sp³-hybridized carbons (Fsp3) is 0.308. The lowest BCUT2D eigenvalue weighted by atomic mass is 9.80. The molecule has 0 fully saturated rings. The molecule has 0 saturated carbocycles. The Morgan fingerprint density at radius 1 is 0.536 bits per heavy atom. The Hall–Kier alpha value is -2.42. The number of aliphatic hydroxyl groups excluding tert-OH is 1. The Morgan fingerprint density at radius 2 is 0.929 bits per heavy atom. The third kappa shape index (κ3) is 4.89. The van der Waals surface area contributed by atoms with Gasteiger partial charge in [0, 0.05) is 13.2 Å². The Labute approximate surface area is 168 Å². The van der Waals surface area contributed by atoms with E-state index in [9.17, 15) is 0 Å². The standard InChI is InChI=1S/C26H30O2/c27-21-13-2-1-3-14-22-28-26(23-15-7-4-8-16-23,24-17-9-5-10-18-24)25-19-11-6-12-20-25/h4-12,15-20,27H,1-3,13-14,21-22H2. The quantitative estimate of drug-likeness (QED) is 0.332. The van der Waals surface area contributed by atoms with Crippen LogP contribution in [-0.2, 0) is 10.3 Å². The molecule has 0 aliphatic heterocycles. The zero-order valence-electron chi connectivity index (χ0n) is 16.5. The molecule has 2 heteroatoms. The summed E-state index contributed by atoms with van der Waals surface area (Å²) in [5.41, 5.74) is 2.82. The first-order valence-corrected chi connectivity index (χ1v) is 10.3. The number of aliphatic hydroxyl groups is 1. The van der Waals surface area contributed by atoms with Crippen molar-refractivity contribution in [3.63, 3.8) is 0 Å². The minimum absolute atomic E-state index is 0.287. The van der Waals surface area contributed by atoms with Gasteiger partial charge in [-0.3, -0.25) is 0 Å². The molecule has 0 spiro atoms. The van der Waals surface area contributed by atoms with Gasteiger partial charge >= 0.3 is 0 Å². The van der Waals surface area contributed by atoms with Crippen LogP contribution >= 0.6 is 0 Å². The smallest absolute Gasteiger partial charge is 0.143 e. The van der Waals surface area contributed by atoms with Gasteiger partial charge in [-0.1, -0.05) is 110 Å². The van der Waals surface area contributed by atoms with Gasteiger partial charge in [0.05, 0.1) is 0 Å². The predicted molar refractivity (Wildman–Crippen MR) is 115 cm³/mol.